The number of nitrogens with one attached hydrogen (secondary N) is 2. The molecule has 2 aromatic carbocycles. The Hall–Kier alpha value is -4.56. The molecule has 0 unspecified atom stereocenters. The number of pyridine rings is 1. The maximum Gasteiger partial charge on any atom is 0.268 e. The van der Waals surface area contributed by atoms with E-state index in [0.717, 1.165) is 5.56 Å². The van der Waals surface area contributed by atoms with Crippen LogP contribution in [0.25, 0.3) is 11.1 Å². The van der Waals surface area contributed by atoms with Crippen LogP contribution in [0.15, 0.2) is 59.4 Å². The van der Waals surface area contributed by atoms with Crippen LogP contribution in [-0.2, 0) is 11.3 Å². The van der Waals surface area contributed by atoms with E-state index in [0.29, 0.717) is 12.1 Å². The Morgan fingerprint density at radius 2 is 1.70 bits per heavy atom. The number of ether oxygens (including phenoxy) is 1. The third-order valence-electron chi connectivity index (χ3n) is 4.32. The number of para-hydroxylation sites is 1. The molecule has 0 bridgehead atoms. The fourth-order valence-electron chi connectivity index (χ4n) is 2.90. The van der Waals surface area contributed by atoms with Gasteiger partial charge in [0.1, 0.15) is 34.8 Å². The summed E-state index contributed by atoms with van der Waals surface area (Å²) in [6.07, 6.45) is 0. The Balaban J connectivity index is 1.86. The molecule has 148 valence electrons. The number of nitrogens with two attached hydrogens (primary N) is 1. The van der Waals surface area contributed by atoms with Gasteiger partial charge in [-0.15, -0.1) is 0 Å². The molecule has 0 aliphatic carbocycles. The minimum Gasteiger partial charge on any atom is -0.483 e. The van der Waals surface area contributed by atoms with Gasteiger partial charge in [-0.05, 0) is 11.6 Å². The first-order valence-electron chi connectivity index (χ1n) is 8.94. The number of hydrogen-bond acceptors (Lipinski definition) is 6. The molecule has 0 saturated carbocycles. The average Bonchev–Trinajstić information content (AvgIpc) is 2.76. The zero-order chi connectivity index (χ0) is 21.5. The summed E-state index contributed by atoms with van der Waals surface area (Å²) < 4.78 is 5.64. The maximum absolute atomic E-state index is 12.2. The number of anilines is 1. The van der Waals surface area contributed by atoms with Crippen molar-refractivity contribution in [3.8, 4) is 29.0 Å². The van der Waals surface area contributed by atoms with E-state index in [-0.39, 0.29) is 40.8 Å². The number of aromatic nitrogens is 1. The van der Waals surface area contributed by atoms with Gasteiger partial charge >= 0.3 is 0 Å². The first-order chi connectivity index (χ1) is 14.5. The molecular formula is C22H17N5O3. The van der Waals surface area contributed by atoms with Crippen molar-refractivity contribution in [1.82, 2.24) is 10.3 Å². The van der Waals surface area contributed by atoms with E-state index in [4.69, 9.17) is 10.5 Å². The number of rotatable bonds is 6. The number of nitrogen functional groups attached to an aromatic ring is 1. The topological polar surface area (TPSA) is 145 Å². The highest BCUT2D eigenvalue weighted by atomic mass is 16.5. The second kappa shape index (κ2) is 9.09. The fraction of sp³-hybridized carbons (Fsp3) is 0.0909. The van der Waals surface area contributed by atoms with Crippen LogP contribution in [-0.4, -0.2) is 17.5 Å². The minimum absolute atomic E-state index is 0.0456. The molecule has 0 aliphatic rings. The van der Waals surface area contributed by atoms with E-state index < -0.39 is 5.56 Å². The van der Waals surface area contributed by atoms with E-state index in [1.807, 2.05) is 42.5 Å². The molecule has 1 heterocycles. The number of nitrogens with zero attached hydrogens (tertiary/aromatic N) is 2. The molecule has 3 aromatic rings. The van der Waals surface area contributed by atoms with E-state index in [1.165, 1.54) is 0 Å². The highest BCUT2D eigenvalue weighted by Crippen LogP contribution is 2.34. The minimum atomic E-state index is -0.709. The Labute approximate surface area is 172 Å². The Morgan fingerprint density at radius 3 is 2.40 bits per heavy atom. The first-order valence-corrected chi connectivity index (χ1v) is 8.94. The lowest BCUT2D eigenvalue weighted by Crippen LogP contribution is -2.28. The van der Waals surface area contributed by atoms with Crippen molar-refractivity contribution in [2.75, 3.05) is 12.3 Å². The van der Waals surface area contributed by atoms with Gasteiger partial charge in [0.05, 0.1) is 0 Å². The van der Waals surface area contributed by atoms with Crippen LogP contribution in [0.4, 0.5) is 5.82 Å². The highest BCUT2D eigenvalue weighted by molar-refractivity contribution is 5.84. The summed E-state index contributed by atoms with van der Waals surface area (Å²) in [6, 6.07) is 19.7. The molecule has 0 spiro atoms. The smallest absolute Gasteiger partial charge is 0.268 e. The van der Waals surface area contributed by atoms with Crippen molar-refractivity contribution in [3.63, 3.8) is 0 Å². The lowest BCUT2D eigenvalue weighted by molar-refractivity contribution is -0.123. The molecule has 0 radical (unpaired) electrons. The number of carbonyl (C=O) groups is 1. The number of amides is 1. The molecule has 0 atom stereocenters. The van der Waals surface area contributed by atoms with Crippen LogP contribution in [0.1, 0.15) is 16.7 Å². The van der Waals surface area contributed by atoms with E-state index >= 15 is 0 Å². The number of aromatic amines is 1. The van der Waals surface area contributed by atoms with Gasteiger partial charge in [-0.25, -0.2) is 0 Å². The lowest BCUT2D eigenvalue weighted by atomic mass is 9.96. The van der Waals surface area contributed by atoms with Gasteiger partial charge in [-0.2, -0.15) is 10.5 Å². The zero-order valence-electron chi connectivity index (χ0n) is 15.8. The SMILES string of the molecule is N#Cc1c(N)[nH]c(=O)c(C#N)c1-c1ccccc1OCC(=O)NCc1ccccc1. The Kier molecular flexibility index (Phi) is 6.11. The molecule has 8 heteroatoms. The van der Waals surface area contributed by atoms with E-state index in [9.17, 15) is 20.1 Å². The van der Waals surface area contributed by atoms with Crippen molar-refractivity contribution < 1.29 is 9.53 Å². The molecule has 0 fully saturated rings. The molecular weight excluding hydrogens is 382 g/mol. The number of H-pyrrole nitrogens is 1. The summed E-state index contributed by atoms with van der Waals surface area (Å²) in [7, 11) is 0. The fourth-order valence-corrected chi connectivity index (χ4v) is 2.90. The van der Waals surface area contributed by atoms with Gasteiger partial charge in [-0.1, -0.05) is 48.5 Å². The summed E-state index contributed by atoms with van der Waals surface area (Å²) >= 11 is 0. The molecule has 1 amide bonds. The number of benzene rings is 2. The third kappa shape index (κ3) is 4.29. The second-order valence-electron chi connectivity index (χ2n) is 6.26. The standard InChI is InChI=1S/C22H17N5O3/c23-10-16-20(17(11-24)22(29)27-21(16)25)15-8-4-5-9-18(15)30-13-19(28)26-12-14-6-2-1-3-7-14/h1-9H,12-13H2,(H,26,28)(H3,25,27,29). The van der Waals surface area contributed by atoms with Crippen LogP contribution < -0.4 is 21.3 Å². The van der Waals surface area contributed by atoms with Gasteiger partial charge in [0.15, 0.2) is 6.61 Å². The summed E-state index contributed by atoms with van der Waals surface area (Å²) in [5.41, 5.74) is 6.09. The highest BCUT2D eigenvalue weighted by Gasteiger charge is 2.21. The predicted octanol–water partition coefficient (Wildman–Crippen LogP) is 2.06. The Morgan fingerprint density at radius 1 is 1.03 bits per heavy atom. The van der Waals surface area contributed by atoms with Crippen LogP contribution in [0.3, 0.4) is 0 Å². The predicted molar refractivity (Wildman–Crippen MR) is 110 cm³/mol. The van der Waals surface area contributed by atoms with Gasteiger partial charge in [0, 0.05) is 17.7 Å². The Bertz CT molecular complexity index is 1220. The lowest BCUT2D eigenvalue weighted by Gasteiger charge is -2.14. The quantitative estimate of drug-likeness (QED) is 0.578. The summed E-state index contributed by atoms with van der Waals surface area (Å²) in [4.78, 5) is 26.6. The monoisotopic (exact) mass is 399 g/mol. The van der Waals surface area contributed by atoms with Gasteiger partial charge < -0.3 is 20.8 Å². The largest absolute Gasteiger partial charge is 0.483 e. The van der Waals surface area contributed by atoms with Crippen molar-refractivity contribution in [2.45, 2.75) is 6.54 Å². The first kappa shape index (κ1) is 20.2. The number of hydrogen-bond donors (Lipinski definition) is 3. The number of carbonyl (C=O) groups excluding carboxylic acids is 1. The van der Waals surface area contributed by atoms with Crippen LogP contribution >= 0.6 is 0 Å². The van der Waals surface area contributed by atoms with E-state index in [2.05, 4.69) is 10.3 Å². The van der Waals surface area contributed by atoms with Gasteiger partial charge in [0.25, 0.3) is 11.5 Å². The number of nitriles is 2. The zero-order valence-corrected chi connectivity index (χ0v) is 15.8. The average molecular weight is 399 g/mol. The van der Waals surface area contributed by atoms with Crippen molar-refractivity contribution >= 4 is 11.7 Å². The molecule has 3 rings (SSSR count). The normalized spacial score (nSPS) is 9.93. The van der Waals surface area contributed by atoms with Crippen LogP contribution in [0, 0.1) is 22.7 Å². The summed E-state index contributed by atoms with van der Waals surface area (Å²) in [5, 5.41) is 21.7. The third-order valence-corrected chi connectivity index (χ3v) is 4.32. The van der Waals surface area contributed by atoms with Gasteiger partial charge in [-0.3, -0.25) is 9.59 Å². The van der Waals surface area contributed by atoms with Crippen molar-refractivity contribution in [1.29, 1.82) is 10.5 Å². The van der Waals surface area contributed by atoms with Gasteiger partial charge in [0.2, 0.25) is 0 Å². The second-order valence-corrected chi connectivity index (χ2v) is 6.26. The summed E-state index contributed by atoms with van der Waals surface area (Å²) in [6.45, 7) is 0.0682. The molecule has 1 aromatic heterocycles. The molecule has 0 saturated heterocycles. The summed E-state index contributed by atoms with van der Waals surface area (Å²) in [5.74, 6) is -0.252. The maximum atomic E-state index is 12.2. The van der Waals surface area contributed by atoms with Crippen LogP contribution in [0.5, 0.6) is 5.75 Å². The molecule has 30 heavy (non-hydrogen) atoms. The van der Waals surface area contributed by atoms with Crippen molar-refractivity contribution in [2.24, 2.45) is 0 Å². The molecule has 4 N–H and O–H groups in total. The molecule has 0 aliphatic heterocycles. The van der Waals surface area contributed by atoms with Crippen molar-refractivity contribution in [3.05, 3.63) is 81.6 Å². The molecule has 8 nitrogen and oxygen atoms in total. The van der Waals surface area contributed by atoms with Crippen LogP contribution in [0.2, 0.25) is 0 Å². The van der Waals surface area contributed by atoms with E-state index in [1.54, 1.807) is 24.3 Å².